The smallest absolute Gasteiger partial charge is 0.337 e. The summed E-state index contributed by atoms with van der Waals surface area (Å²) >= 11 is 1.52. The average molecular weight is 226 g/mol. The Balaban J connectivity index is 2.14. The molecule has 2 heterocycles. The predicted molar refractivity (Wildman–Crippen MR) is 56.1 cm³/mol. The molecule has 1 saturated heterocycles. The summed E-state index contributed by atoms with van der Waals surface area (Å²) in [5, 5.41) is 9.78. The fourth-order valence-electron chi connectivity index (χ4n) is 1.12. The number of nitrogens with two attached hydrogens (primary N) is 1. The number of anilines is 1. The second-order valence-corrected chi connectivity index (χ2v) is 4.49. The van der Waals surface area contributed by atoms with E-state index in [0.29, 0.717) is 29.2 Å². The molecule has 1 aromatic heterocycles. The summed E-state index contributed by atoms with van der Waals surface area (Å²) in [4.78, 5) is 14.7. The van der Waals surface area contributed by atoms with Crippen molar-refractivity contribution >= 4 is 23.4 Å². The molecule has 0 radical (unpaired) electrons. The zero-order chi connectivity index (χ0) is 10.8. The van der Waals surface area contributed by atoms with Crippen molar-refractivity contribution in [1.82, 2.24) is 4.98 Å². The van der Waals surface area contributed by atoms with Gasteiger partial charge in [0.2, 0.25) is 0 Å². The van der Waals surface area contributed by atoms with Gasteiger partial charge in [0.25, 0.3) is 0 Å². The molecule has 0 aromatic carbocycles. The van der Waals surface area contributed by atoms with Crippen molar-refractivity contribution in [1.29, 1.82) is 0 Å². The van der Waals surface area contributed by atoms with Gasteiger partial charge >= 0.3 is 5.97 Å². The summed E-state index contributed by atoms with van der Waals surface area (Å²) in [7, 11) is 0. The van der Waals surface area contributed by atoms with E-state index in [2.05, 4.69) is 4.98 Å². The highest BCUT2D eigenvalue weighted by molar-refractivity contribution is 8.00. The Bertz CT molecular complexity index is 393. The van der Waals surface area contributed by atoms with E-state index in [0.717, 1.165) is 0 Å². The molecule has 0 aliphatic carbocycles. The largest absolute Gasteiger partial charge is 0.478 e. The van der Waals surface area contributed by atoms with Crippen LogP contribution in [0, 0.1) is 0 Å². The van der Waals surface area contributed by atoms with E-state index >= 15 is 0 Å². The molecule has 1 aromatic rings. The van der Waals surface area contributed by atoms with E-state index in [1.807, 2.05) is 0 Å². The number of hydrogen-bond donors (Lipinski definition) is 2. The molecular weight excluding hydrogens is 216 g/mol. The number of carboxylic acid groups (broad SMARTS) is 1. The van der Waals surface area contributed by atoms with Gasteiger partial charge in [-0.25, -0.2) is 9.78 Å². The Kier molecular flexibility index (Phi) is 2.79. The summed E-state index contributed by atoms with van der Waals surface area (Å²) < 4.78 is 5.03. The lowest BCUT2D eigenvalue weighted by molar-refractivity contribution is 0.0455. The minimum Gasteiger partial charge on any atom is -0.478 e. The number of aromatic nitrogens is 1. The Morgan fingerprint density at radius 2 is 2.40 bits per heavy atom. The molecule has 0 amide bonds. The first kappa shape index (κ1) is 10.3. The Labute approximate surface area is 90.6 Å². The van der Waals surface area contributed by atoms with Crippen LogP contribution in [0.5, 0.6) is 0 Å². The standard InChI is InChI=1S/C9H10N2O3S/c10-7-1-5(9(12)13)2-11-8(7)15-6-3-14-4-6/h1-2,6H,3-4,10H2,(H,12,13). The second kappa shape index (κ2) is 4.08. The van der Waals surface area contributed by atoms with Gasteiger partial charge in [-0.15, -0.1) is 0 Å². The third-order valence-electron chi connectivity index (χ3n) is 2.01. The molecule has 2 rings (SSSR count). The fourth-order valence-corrected chi connectivity index (χ4v) is 2.08. The molecule has 0 spiro atoms. The highest BCUT2D eigenvalue weighted by atomic mass is 32.2. The van der Waals surface area contributed by atoms with Crippen molar-refractivity contribution in [3.8, 4) is 0 Å². The van der Waals surface area contributed by atoms with Crippen LogP contribution in [0.4, 0.5) is 5.69 Å². The first-order chi connectivity index (χ1) is 7.16. The number of aromatic carboxylic acids is 1. The molecular formula is C9H10N2O3S. The Morgan fingerprint density at radius 3 is 2.87 bits per heavy atom. The zero-order valence-corrected chi connectivity index (χ0v) is 8.66. The number of carbonyl (C=O) groups is 1. The van der Waals surface area contributed by atoms with Crippen LogP contribution in [0.3, 0.4) is 0 Å². The molecule has 80 valence electrons. The molecule has 1 aliphatic rings. The van der Waals surface area contributed by atoms with E-state index in [9.17, 15) is 4.79 Å². The third-order valence-corrected chi connectivity index (χ3v) is 3.18. The van der Waals surface area contributed by atoms with Gasteiger partial charge in [0.1, 0.15) is 5.03 Å². The number of rotatable bonds is 3. The van der Waals surface area contributed by atoms with Crippen LogP contribution < -0.4 is 5.73 Å². The lowest BCUT2D eigenvalue weighted by atomic mass is 10.3. The molecule has 0 atom stereocenters. The molecule has 15 heavy (non-hydrogen) atoms. The summed E-state index contributed by atoms with van der Waals surface area (Å²) in [5.74, 6) is -1.02. The predicted octanol–water partition coefficient (Wildman–Crippen LogP) is 0.853. The van der Waals surface area contributed by atoms with Crippen molar-refractivity contribution in [2.75, 3.05) is 18.9 Å². The van der Waals surface area contributed by atoms with Gasteiger partial charge in [0, 0.05) is 6.20 Å². The minimum atomic E-state index is -1.02. The second-order valence-electron chi connectivity index (χ2n) is 3.20. The summed E-state index contributed by atoms with van der Waals surface area (Å²) in [6, 6.07) is 1.43. The van der Waals surface area contributed by atoms with E-state index in [-0.39, 0.29) is 5.56 Å². The summed E-state index contributed by atoms with van der Waals surface area (Å²) in [6.45, 7) is 1.40. The molecule has 0 unspecified atom stereocenters. The van der Waals surface area contributed by atoms with Gasteiger partial charge in [0.15, 0.2) is 0 Å². The molecule has 6 heteroatoms. The molecule has 1 aliphatic heterocycles. The van der Waals surface area contributed by atoms with Crippen LogP contribution in [0.15, 0.2) is 17.3 Å². The van der Waals surface area contributed by atoms with E-state index in [1.54, 1.807) is 0 Å². The van der Waals surface area contributed by atoms with Crippen LogP contribution in [0.1, 0.15) is 10.4 Å². The van der Waals surface area contributed by atoms with Crippen LogP contribution in [0.25, 0.3) is 0 Å². The molecule has 5 nitrogen and oxygen atoms in total. The number of nitrogens with zero attached hydrogens (tertiary/aromatic N) is 1. The van der Waals surface area contributed by atoms with Gasteiger partial charge in [-0.3, -0.25) is 0 Å². The monoisotopic (exact) mass is 226 g/mol. The summed E-state index contributed by atoms with van der Waals surface area (Å²) in [6.07, 6.45) is 1.32. The highest BCUT2D eigenvalue weighted by Gasteiger charge is 2.21. The maximum atomic E-state index is 10.6. The lowest BCUT2D eigenvalue weighted by Crippen LogP contribution is -2.30. The van der Waals surface area contributed by atoms with Gasteiger partial charge in [-0.1, -0.05) is 11.8 Å². The zero-order valence-electron chi connectivity index (χ0n) is 7.84. The van der Waals surface area contributed by atoms with Crippen LogP contribution in [-0.4, -0.2) is 34.5 Å². The Morgan fingerprint density at radius 1 is 1.67 bits per heavy atom. The van der Waals surface area contributed by atoms with Gasteiger partial charge < -0.3 is 15.6 Å². The number of ether oxygens (including phenoxy) is 1. The third kappa shape index (κ3) is 2.21. The van der Waals surface area contributed by atoms with Crippen molar-refractivity contribution < 1.29 is 14.6 Å². The first-order valence-electron chi connectivity index (χ1n) is 4.40. The fraction of sp³-hybridized carbons (Fsp3) is 0.333. The quantitative estimate of drug-likeness (QED) is 0.794. The molecule has 1 fully saturated rings. The lowest BCUT2D eigenvalue weighted by Gasteiger charge is -2.25. The van der Waals surface area contributed by atoms with E-state index in [1.165, 1.54) is 24.0 Å². The summed E-state index contributed by atoms with van der Waals surface area (Å²) in [5.41, 5.74) is 6.22. The minimum absolute atomic E-state index is 0.113. The van der Waals surface area contributed by atoms with Crippen LogP contribution in [-0.2, 0) is 4.74 Å². The van der Waals surface area contributed by atoms with Gasteiger partial charge in [-0.2, -0.15) is 0 Å². The van der Waals surface area contributed by atoms with Crippen molar-refractivity contribution in [3.63, 3.8) is 0 Å². The number of hydrogen-bond acceptors (Lipinski definition) is 5. The van der Waals surface area contributed by atoms with Crippen molar-refractivity contribution in [2.24, 2.45) is 0 Å². The number of thioether (sulfide) groups is 1. The topological polar surface area (TPSA) is 85.4 Å². The average Bonchev–Trinajstić information content (AvgIpc) is 2.12. The number of pyridine rings is 1. The van der Waals surface area contributed by atoms with Crippen LogP contribution >= 0.6 is 11.8 Å². The SMILES string of the molecule is Nc1cc(C(=O)O)cnc1SC1COC1. The maximum Gasteiger partial charge on any atom is 0.337 e. The van der Waals surface area contributed by atoms with Gasteiger partial charge in [0.05, 0.1) is 29.7 Å². The Hall–Kier alpha value is -1.27. The van der Waals surface area contributed by atoms with Crippen LogP contribution in [0.2, 0.25) is 0 Å². The van der Waals surface area contributed by atoms with Crippen molar-refractivity contribution in [3.05, 3.63) is 17.8 Å². The van der Waals surface area contributed by atoms with Crippen molar-refractivity contribution in [2.45, 2.75) is 10.3 Å². The molecule has 0 saturated carbocycles. The molecule has 0 bridgehead atoms. The number of carboxylic acids is 1. The van der Waals surface area contributed by atoms with E-state index < -0.39 is 5.97 Å². The highest BCUT2D eigenvalue weighted by Crippen LogP contribution is 2.30. The molecule has 3 N–H and O–H groups in total. The first-order valence-corrected chi connectivity index (χ1v) is 5.28. The maximum absolute atomic E-state index is 10.6. The number of nitrogen functional groups attached to an aromatic ring is 1. The van der Waals surface area contributed by atoms with E-state index in [4.69, 9.17) is 15.6 Å². The normalized spacial score (nSPS) is 16.0. The van der Waals surface area contributed by atoms with Gasteiger partial charge in [-0.05, 0) is 6.07 Å².